The largest absolute Gasteiger partial charge is 0.756 e. The number of quaternary nitrogens is 1. The molecule has 0 aromatic heterocycles. The standard InChI is InChI=1S/C65H117N2O7P/c1-7-10-13-16-19-22-25-28-30-31-32-33-34-35-36-37-38-40-43-46-49-52-55-58-65(69)74-63(56-53-50-47-44-41-27-24-21-18-15-12-9-3)62(61-73-75(70,71)72-60-59-67(4,5)6)66-64(68)57-54-51-48-45-42-39-29-26-23-20-17-14-11-8-2/h10,13,19,22,28,30,32-33,35-36,39,42,53,56,62-63H,7-9,11-12,14-18,20-21,23-27,29,31,34,37-38,40-41,43-52,54-55,57-61H2,1-6H3,(H-,66,68,70,71)/b13-10-,22-19-,30-28-,33-32-,36-35-,42-39-,56-53-. The number of phosphoric acid groups is 1. The molecule has 0 aliphatic heterocycles. The Labute approximate surface area is 463 Å². The molecule has 0 spiro atoms. The van der Waals surface area contributed by atoms with Crippen LogP contribution in [0.2, 0.25) is 0 Å². The highest BCUT2D eigenvalue weighted by Gasteiger charge is 2.27. The number of esters is 1. The summed E-state index contributed by atoms with van der Waals surface area (Å²) in [6.07, 6.45) is 71.2. The second kappa shape index (κ2) is 54.5. The zero-order chi connectivity index (χ0) is 55.0. The zero-order valence-corrected chi connectivity index (χ0v) is 50.4. The van der Waals surface area contributed by atoms with Crippen LogP contribution in [0.5, 0.6) is 0 Å². The number of ether oxygens (including phenoxy) is 1. The fourth-order valence-electron chi connectivity index (χ4n) is 8.54. The van der Waals surface area contributed by atoms with Gasteiger partial charge < -0.3 is 28.5 Å². The molecule has 0 bridgehead atoms. The number of phosphoric ester groups is 1. The molecular weight excluding hydrogens is 952 g/mol. The van der Waals surface area contributed by atoms with Crippen molar-refractivity contribution in [1.82, 2.24) is 5.32 Å². The lowest BCUT2D eigenvalue weighted by atomic mass is 10.0. The number of nitrogens with one attached hydrogen (secondary N) is 1. The molecule has 0 heterocycles. The van der Waals surface area contributed by atoms with Crippen LogP contribution in [-0.2, 0) is 27.9 Å². The number of amides is 1. The van der Waals surface area contributed by atoms with Crippen LogP contribution in [0.25, 0.3) is 0 Å². The van der Waals surface area contributed by atoms with Crippen molar-refractivity contribution in [2.24, 2.45) is 0 Å². The Hall–Kier alpha value is -2.81. The SMILES string of the molecule is CC/C=C\C/C=C\C/C=C\C/C=C\C/C=C\CCCCCCCCCC(=O)OC(/C=C\CCCCCCCCCCCC)C(COP(=O)([O-])OCC[N+](C)(C)C)NC(=O)CCCCC/C=C\CCCCCCCCC. The number of unbranched alkanes of at least 4 members (excludes halogenated alkanes) is 27. The number of rotatable bonds is 55. The van der Waals surface area contributed by atoms with E-state index in [0.717, 1.165) is 103 Å². The number of hydrogen-bond donors (Lipinski definition) is 1. The van der Waals surface area contributed by atoms with Gasteiger partial charge >= 0.3 is 5.97 Å². The number of likely N-dealkylation sites (N-methyl/N-ethyl adjacent to an activating group) is 1. The molecule has 0 rings (SSSR count). The van der Waals surface area contributed by atoms with Gasteiger partial charge in [0.15, 0.2) is 0 Å². The molecule has 0 saturated heterocycles. The topological polar surface area (TPSA) is 114 Å². The summed E-state index contributed by atoms with van der Waals surface area (Å²) < 4.78 is 30.3. The predicted octanol–water partition coefficient (Wildman–Crippen LogP) is 18.4. The molecule has 0 radical (unpaired) electrons. The minimum Gasteiger partial charge on any atom is -0.756 e. The normalized spacial score (nSPS) is 14.3. The Morgan fingerprint density at radius 3 is 1.31 bits per heavy atom. The summed E-state index contributed by atoms with van der Waals surface area (Å²) in [6.45, 7) is 6.70. The Balaban J connectivity index is 5.25. The quantitative estimate of drug-likeness (QED) is 0.0212. The van der Waals surface area contributed by atoms with Crippen LogP contribution in [0, 0.1) is 0 Å². The first-order valence-electron chi connectivity index (χ1n) is 30.9. The van der Waals surface area contributed by atoms with Crippen LogP contribution in [0.15, 0.2) is 85.1 Å². The number of allylic oxidation sites excluding steroid dienone is 13. The third-order valence-electron chi connectivity index (χ3n) is 13.3. The molecule has 0 fully saturated rings. The van der Waals surface area contributed by atoms with Crippen molar-refractivity contribution in [2.75, 3.05) is 40.9 Å². The zero-order valence-electron chi connectivity index (χ0n) is 49.5. The van der Waals surface area contributed by atoms with E-state index in [1.54, 1.807) is 0 Å². The summed E-state index contributed by atoms with van der Waals surface area (Å²) in [5.74, 6) is -0.573. The third-order valence-corrected chi connectivity index (χ3v) is 14.3. The van der Waals surface area contributed by atoms with E-state index in [-0.39, 0.29) is 24.9 Å². The van der Waals surface area contributed by atoms with Gasteiger partial charge in [0.05, 0.1) is 33.8 Å². The lowest BCUT2D eigenvalue weighted by Crippen LogP contribution is -2.47. The molecule has 0 aliphatic rings. The van der Waals surface area contributed by atoms with Crippen molar-refractivity contribution in [1.29, 1.82) is 0 Å². The summed E-state index contributed by atoms with van der Waals surface area (Å²) in [7, 11) is 1.16. The van der Waals surface area contributed by atoms with E-state index in [4.69, 9.17) is 13.8 Å². The summed E-state index contributed by atoms with van der Waals surface area (Å²) in [5.41, 5.74) is 0. The Kier molecular flexibility index (Phi) is 52.5. The van der Waals surface area contributed by atoms with Gasteiger partial charge in [-0.1, -0.05) is 235 Å². The van der Waals surface area contributed by atoms with Gasteiger partial charge in [0, 0.05) is 12.8 Å². The molecule has 0 saturated carbocycles. The van der Waals surface area contributed by atoms with Crippen molar-refractivity contribution in [3.05, 3.63) is 85.1 Å². The maximum atomic E-state index is 13.5. The lowest BCUT2D eigenvalue weighted by molar-refractivity contribution is -0.870. The van der Waals surface area contributed by atoms with Gasteiger partial charge in [-0.25, -0.2) is 0 Å². The van der Waals surface area contributed by atoms with Crippen LogP contribution in [0.3, 0.4) is 0 Å². The molecule has 0 aromatic carbocycles. The summed E-state index contributed by atoms with van der Waals surface area (Å²) >= 11 is 0. The summed E-state index contributed by atoms with van der Waals surface area (Å²) in [6, 6.07) is -0.904. The van der Waals surface area contributed by atoms with Crippen LogP contribution in [-0.4, -0.2) is 69.4 Å². The minimum absolute atomic E-state index is 0.0299. The maximum Gasteiger partial charge on any atom is 0.306 e. The van der Waals surface area contributed by atoms with E-state index in [2.05, 4.69) is 99.0 Å². The molecule has 75 heavy (non-hydrogen) atoms. The smallest absolute Gasteiger partial charge is 0.306 e. The van der Waals surface area contributed by atoms with Gasteiger partial charge in [0.25, 0.3) is 7.82 Å². The second-order valence-corrected chi connectivity index (χ2v) is 23.2. The van der Waals surface area contributed by atoms with Crippen molar-refractivity contribution in [2.45, 2.75) is 277 Å². The number of nitrogens with zero attached hydrogens (tertiary/aromatic N) is 1. The van der Waals surface area contributed by atoms with Gasteiger partial charge in [-0.2, -0.15) is 0 Å². The fraction of sp³-hybridized carbons (Fsp3) is 0.754. The van der Waals surface area contributed by atoms with Gasteiger partial charge in [0.1, 0.15) is 19.3 Å². The highest BCUT2D eigenvalue weighted by Crippen LogP contribution is 2.38. The van der Waals surface area contributed by atoms with E-state index < -0.39 is 26.6 Å². The first-order valence-corrected chi connectivity index (χ1v) is 32.4. The van der Waals surface area contributed by atoms with Crippen LogP contribution in [0.1, 0.15) is 265 Å². The van der Waals surface area contributed by atoms with E-state index in [9.17, 15) is 19.0 Å². The lowest BCUT2D eigenvalue weighted by Gasteiger charge is -2.30. The third kappa shape index (κ3) is 55.7. The molecule has 3 unspecified atom stereocenters. The summed E-state index contributed by atoms with van der Waals surface area (Å²) in [4.78, 5) is 39.9. The molecule has 9 nitrogen and oxygen atoms in total. The molecule has 3 atom stereocenters. The monoisotopic (exact) mass is 1070 g/mol. The van der Waals surface area contributed by atoms with E-state index in [1.807, 2.05) is 33.3 Å². The molecule has 0 aliphatic carbocycles. The van der Waals surface area contributed by atoms with Gasteiger partial charge in [-0.05, 0) is 102 Å². The summed E-state index contributed by atoms with van der Waals surface area (Å²) in [5, 5.41) is 3.01. The van der Waals surface area contributed by atoms with Crippen LogP contribution < -0.4 is 10.2 Å². The first kappa shape index (κ1) is 72.2. The first-order chi connectivity index (χ1) is 36.4. The molecular formula is C65H117N2O7P. The molecule has 10 heteroatoms. The number of hydrogen-bond acceptors (Lipinski definition) is 7. The van der Waals surface area contributed by atoms with Crippen molar-refractivity contribution >= 4 is 19.7 Å². The predicted molar refractivity (Wildman–Crippen MR) is 321 cm³/mol. The van der Waals surface area contributed by atoms with E-state index >= 15 is 0 Å². The Morgan fingerprint density at radius 2 is 0.853 bits per heavy atom. The van der Waals surface area contributed by atoms with Crippen molar-refractivity contribution < 1.29 is 37.3 Å². The Morgan fingerprint density at radius 1 is 0.480 bits per heavy atom. The molecule has 0 aromatic rings. The van der Waals surface area contributed by atoms with E-state index in [0.29, 0.717) is 30.3 Å². The van der Waals surface area contributed by atoms with E-state index in [1.165, 1.54) is 116 Å². The van der Waals surface area contributed by atoms with Gasteiger partial charge in [-0.15, -0.1) is 0 Å². The number of carbonyl (C=O) groups excluding carboxylic acids is 2. The van der Waals surface area contributed by atoms with Gasteiger partial charge in [0.2, 0.25) is 5.91 Å². The molecule has 1 amide bonds. The highest BCUT2D eigenvalue weighted by atomic mass is 31.2. The molecule has 1 N–H and O–H groups in total. The number of carbonyl (C=O) groups is 2. The van der Waals surface area contributed by atoms with Gasteiger partial charge in [-0.3, -0.25) is 14.2 Å². The average molecular weight is 1070 g/mol. The average Bonchev–Trinajstić information content (AvgIpc) is 3.37. The van der Waals surface area contributed by atoms with Crippen molar-refractivity contribution in [3.63, 3.8) is 0 Å². The Bertz CT molecular complexity index is 1560. The van der Waals surface area contributed by atoms with Crippen LogP contribution >= 0.6 is 7.82 Å². The second-order valence-electron chi connectivity index (χ2n) is 21.8. The highest BCUT2D eigenvalue weighted by molar-refractivity contribution is 7.45. The van der Waals surface area contributed by atoms with Crippen molar-refractivity contribution in [3.8, 4) is 0 Å². The maximum absolute atomic E-state index is 13.5. The minimum atomic E-state index is -4.71. The van der Waals surface area contributed by atoms with Crippen LogP contribution in [0.4, 0.5) is 0 Å². The molecule has 434 valence electrons. The fourth-order valence-corrected chi connectivity index (χ4v) is 9.27.